The molecule has 1 heterocycles. The molecular weight excluding hydrogens is 450 g/mol. The standard InChI is InChI=1S/C30H33N3O3/c1-22(2)18-32(28(34)21-36-20-25-14-8-5-9-15-25)23(3)29-31-27-17-11-10-16-26(27)30(35)33(29)19-24-12-6-4-7-13-24/h4-17,22-23H,18-21H2,1-3H3. The van der Waals surface area contributed by atoms with Crippen molar-refractivity contribution in [3.05, 3.63) is 112 Å². The van der Waals surface area contributed by atoms with Gasteiger partial charge < -0.3 is 9.64 Å². The molecule has 0 aliphatic heterocycles. The van der Waals surface area contributed by atoms with E-state index in [0.717, 1.165) is 11.1 Å². The molecule has 0 aliphatic carbocycles. The molecule has 4 aromatic rings. The largest absolute Gasteiger partial charge is 0.367 e. The van der Waals surface area contributed by atoms with E-state index in [2.05, 4.69) is 13.8 Å². The van der Waals surface area contributed by atoms with Gasteiger partial charge in [-0.05, 0) is 36.1 Å². The molecular formula is C30H33N3O3. The van der Waals surface area contributed by atoms with Crippen LogP contribution in [0.5, 0.6) is 0 Å². The molecule has 6 heteroatoms. The molecule has 1 unspecified atom stereocenters. The maximum atomic E-state index is 13.6. The van der Waals surface area contributed by atoms with Crippen molar-refractivity contribution >= 4 is 16.8 Å². The highest BCUT2D eigenvalue weighted by Crippen LogP contribution is 2.22. The lowest BCUT2D eigenvalue weighted by Gasteiger charge is -2.32. The van der Waals surface area contributed by atoms with Crippen LogP contribution >= 0.6 is 0 Å². The number of ether oxygens (including phenoxy) is 1. The van der Waals surface area contributed by atoms with Crippen molar-refractivity contribution in [2.75, 3.05) is 13.2 Å². The summed E-state index contributed by atoms with van der Waals surface area (Å²) < 4.78 is 7.47. The van der Waals surface area contributed by atoms with Gasteiger partial charge in [-0.2, -0.15) is 0 Å². The number of fused-ring (bicyclic) bond motifs is 1. The predicted molar refractivity (Wildman–Crippen MR) is 143 cm³/mol. The first-order valence-corrected chi connectivity index (χ1v) is 12.4. The van der Waals surface area contributed by atoms with Gasteiger partial charge in [0.05, 0.1) is 30.1 Å². The van der Waals surface area contributed by atoms with E-state index < -0.39 is 6.04 Å². The van der Waals surface area contributed by atoms with Crippen molar-refractivity contribution in [3.8, 4) is 0 Å². The quantitative estimate of drug-likeness (QED) is 0.311. The van der Waals surface area contributed by atoms with E-state index in [1.54, 1.807) is 15.5 Å². The number of hydrogen-bond donors (Lipinski definition) is 0. The van der Waals surface area contributed by atoms with Crippen LogP contribution in [0.1, 0.15) is 43.8 Å². The van der Waals surface area contributed by atoms with Gasteiger partial charge in [0.1, 0.15) is 12.4 Å². The molecule has 0 radical (unpaired) electrons. The summed E-state index contributed by atoms with van der Waals surface area (Å²) in [4.78, 5) is 33.7. The van der Waals surface area contributed by atoms with E-state index in [1.165, 1.54) is 0 Å². The molecule has 0 aliphatic rings. The smallest absolute Gasteiger partial charge is 0.261 e. The molecule has 0 saturated carbocycles. The van der Waals surface area contributed by atoms with E-state index in [9.17, 15) is 9.59 Å². The highest BCUT2D eigenvalue weighted by atomic mass is 16.5. The lowest BCUT2D eigenvalue weighted by molar-refractivity contribution is -0.139. The summed E-state index contributed by atoms with van der Waals surface area (Å²) in [6, 6.07) is 26.6. The summed E-state index contributed by atoms with van der Waals surface area (Å²) in [5.74, 6) is 0.681. The zero-order valence-electron chi connectivity index (χ0n) is 21.1. The maximum Gasteiger partial charge on any atom is 0.261 e. The topological polar surface area (TPSA) is 64.4 Å². The zero-order valence-corrected chi connectivity index (χ0v) is 21.1. The van der Waals surface area contributed by atoms with Crippen molar-refractivity contribution < 1.29 is 9.53 Å². The number of para-hydroxylation sites is 1. The van der Waals surface area contributed by atoms with Crippen LogP contribution in [-0.4, -0.2) is 33.5 Å². The fourth-order valence-corrected chi connectivity index (χ4v) is 4.34. The van der Waals surface area contributed by atoms with Crippen LogP contribution in [0.15, 0.2) is 89.7 Å². The number of nitrogens with zero attached hydrogens (tertiary/aromatic N) is 3. The zero-order chi connectivity index (χ0) is 25.5. The van der Waals surface area contributed by atoms with Gasteiger partial charge in [0.2, 0.25) is 5.91 Å². The molecule has 1 amide bonds. The van der Waals surface area contributed by atoms with Crippen LogP contribution in [0.4, 0.5) is 0 Å². The van der Waals surface area contributed by atoms with E-state index >= 15 is 0 Å². The Morgan fingerprint density at radius 1 is 0.889 bits per heavy atom. The molecule has 186 valence electrons. The lowest BCUT2D eigenvalue weighted by Crippen LogP contribution is -2.41. The molecule has 0 saturated heterocycles. The molecule has 1 atom stereocenters. The number of rotatable bonds is 10. The minimum Gasteiger partial charge on any atom is -0.367 e. The number of amides is 1. The van der Waals surface area contributed by atoms with Crippen LogP contribution in [-0.2, 0) is 22.7 Å². The van der Waals surface area contributed by atoms with Gasteiger partial charge in [-0.1, -0.05) is 86.6 Å². The second kappa shape index (κ2) is 11.8. The fourth-order valence-electron chi connectivity index (χ4n) is 4.34. The monoisotopic (exact) mass is 483 g/mol. The summed E-state index contributed by atoms with van der Waals surface area (Å²) in [6.07, 6.45) is 0. The molecule has 0 spiro atoms. The molecule has 0 bridgehead atoms. The third-order valence-corrected chi connectivity index (χ3v) is 6.14. The molecule has 4 rings (SSSR count). The van der Waals surface area contributed by atoms with Crippen LogP contribution in [0.25, 0.3) is 10.9 Å². The number of carbonyl (C=O) groups excluding carboxylic acids is 1. The Bertz CT molecular complexity index is 1350. The highest BCUT2D eigenvalue weighted by Gasteiger charge is 2.27. The third kappa shape index (κ3) is 6.07. The second-order valence-electron chi connectivity index (χ2n) is 9.46. The van der Waals surface area contributed by atoms with Crippen molar-refractivity contribution in [3.63, 3.8) is 0 Å². The van der Waals surface area contributed by atoms with Crippen molar-refractivity contribution in [1.82, 2.24) is 14.5 Å². The van der Waals surface area contributed by atoms with Crippen LogP contribution in [0, 0.1) is 5.92 Å². The highest BCUT2D eigenvalue weighted by molar-refractivity contribution is 5.79. The average molecular weight is 484 g/mol. The third-order valence-electron chi connectivity index (χ3n) is 6.14. The van der Waals surface area contributed by atoms with E-state index in [1.807, 2.05) is 85.8 Å². The normalized spacial score (nSPS) is 12.1. The first kappa shape index (κ1) is 25.3. The molecule has 0 N–H and O–H groups in total. The number of hydrogen-bond acceptors (Lipinski definition) is 4. The Labute approximate surface area is 212 Å². The van der Waals surface area contributed by atoms with Gasteiger partial charge in [-0.15, -0.1) is 0 Å². The van der Waals surface area contributed by atoms with Gasteiger partial charge in [0.15, 0.2) is 0 Å². The first-order valence-electron chi connectivity index (χ1n) is 12.4. The lowest BCUT2D eigenvalue weighted by atomic mass is 10.1. The minimum absolute atomic E-state index is 0.0392. The molecule has 1 aromatic heterocycles. The van der Waals surface area contributed by atoms with Gasteiger partial charge in [0, 0.05) is 6.54 Å². The Morgan fingerprint density at radius 2 is 1.50 bits per heavy atom. The Balaban J connectivity index is 1.66. The summed E-state index contributed by atoms with van der Waals surface area (Å²) >= 11 is 0. The average Bonchev–Trinajstić information content (AvgIpc) is 2.89. The summed E-state index contributed by atoms with van der Waals surface area (Å²) in [6.45, 7) is 7.32. The summed E-state index contributed by atoms with van der Waals surface area (Å²) in [7, 11) is 0. The minimum atomic E-state index is -0.416. The Morgan fingerprint density at radius 3 is 2.17 bits per heavy atom. The Kier molecular flexibility index (Phi) is 8.28. The number of benzene rings is 3. The first-order chi connectivity index (χ1) is 17.4. The predicted octanol–water partition coefficient (Wildman–Crippen LogP) is 5.21. The van der Waals surface area contributed by atoms with Crippen LogP contribution in [0.3, 0.4) is 0 Å². The molecule has 0 fully saturated rings. The van der Waals surface area contributed by atoms with Gasteiger partial charge >= 0.3 is 0 Å². The van der Waals surface area contributed by atoms with Crippen molar-refractivity contribution in [2.45, 2.75) is 40.0 Å². The molecule has 6 nitrogen and oxygen atoms in total. The van der Waals surface area contributed by atoms with Crippen molar-refractivity contribution in [2.24, 2.45) is 5.92 Å². The van der Waals surface area contributed by atoms with E-state index in [-0.39, 0.29) is 24.0 Å². The maximum absolute atomic E-state index is 13.6. The SMILES string of the molecule is CC(C)CN(C(=O)COCc1ccccc1)C(C)c1nc2ccccc2c(=O)n1Cc1ccccc1. The van der Waals surface area contributed by atoms with E-state index in [0.29, 0.717) is 36.4 Å². The molecule has 3 aromatic carbocycles. The molecule has 36 heavy (non-hydrogen) atoms. The van der Waals surface area contributed by atoms with Gasteiger partial charge in [-0.25, -0.2) is 4.98 Å². The van der Waals surface area contributed by atoms with Crippen molar-refractivity contribution in [1.29, 1.82) is 0 Å². The van der Waals surface area contributed by atoms with Gasteiger partial charge in [-0.3, -0.25) is 14.2 Å². The second-order valence-corrected chi connectivity index (χ2v) is 9.46. The number of carbonyl (C=O) groups is 1. The van der Waals surface area contributed by atoms with Crippen LogP contribution in [0.2, 0.25) is 0 Å². The Hall–Kier alpha value is -3.77. The summed E-state index contributed by atoms with van der Waals surface area (Å²) in [5.41, 5.74) is 2.54. The fraction of sp³-hybridized carbons (Fsp3) is 0.300. The van der Waals surface area contributed by atoms with Crippen LogP contribution < -0.4 is 5.56 Å². The summed E-state index contributed by atoms with van der Waals surface area (Å²) in [5, 5.41) is 0.567. The van der Waals surface area contributed by atoms with Gasteiger partial charge in [0.25, 0.3) is 5.56 Å². The number of aromatic nitrogens is 2. The van der Waals surface area contributed by atoms with E-state index in [4.69, 9.17) is 9.72 Å².